The predicted molar refractivity (Wildman–Crippen MR) is 89.0 cm³/mol. The molecule has 2 aliphatic heterocycles. The van der Waals surface area contributed by atoms with Crippen LogP contribution in [-0.4, -0.2) is 48.6 Å². The minimum atomic E-state index is 0.665. The third-order valence-corrected chi connectivity index (χ3v) is 5.76. The average molecular weight is 289 g/mol. The molecule has 1 aliphatic carbocycles. The Hall–Kier alpha value is -0.960. The van der Waals surface area contributed by atoms with E-state index in [2.05, 4.69) is 47.4 Å². The van der Waals surface area contributed by atoms with Gasteiger partial charge < -0.3 is 15.1 Å². The Kier molecular flexibility index (Phi) is 4.89. The number of nitrogens with one attached hydrogen (secondary N) is 1. The first kappa shape index (κ1) is 15.0. The van der Waals surface area contributed by atoms with E-state index in [0.717, 1.165) is 19.0 Å². The van der Waals surface area contributed by atoms with Crippen LogP contribution in [0.15, 0.2) is 24.0 Å². The summed E-state index contributed by atoms with van der Waals surface area (Å²) in [6, 6.07) is 1.36. The van der Waals surface area contributed by atoms with Crippen molar-refractivity contribution in [1.82, 2.24) is 15.1 Å². The van der Waals surface area contributed by atoms with Gasteiger partial charge in [-0.3, -0.25) is 0 Å². The average Bonchev–Trinajstić information content (AvgIpc) is 3.04. The summed E-state index contributed by atoms with van der Waals surface area (Å²) in [4.78, 5) is 5.07. The first-order chi connectivity index (χ1) is 10.3. The number of allylic oxidation sites excluding steroid dienone is 1. The summed E-state index contributed by atoms with van der Waals surface area (Å²) in [5.74, 6) is 0.902. The Morgan fingerprint density at radius 2 is 2.00 bits per heavy atom. The lowest BCUT2D eigenvalue weighted by Gasteiger charge is -2.37. The highest BCUT2D eigenvalue weighted by molar-refractivity contribution is 5.23. The highest BCUT2D eigenvalue weighted by Crippen LogP contribution is 2.30. The first-order valence-corrected chi connectivity index (χ1v) is 8.84. The quantitative estimate of drug-likeness (QED) is 0.858. The Balaban J connectivity index is 1.53. The largest absolute Gasteiger partial charge is 0.371 e. The maximum Gasteiger partial charge on any atom is 0.0380 e. The third-order valence-electron chi connectivity index (χ3n) is 5.76. The Bertz CT molecular complexity index is 395. The molecule has 118 valence electrons. The van der Waals surface area contributed by atoms with Gasteiger partial charge in [0, 0.05) is 43.6 Å². The fourth-order valence-corrected chi connectivity index (χ4v) is 4.15. The Morgan fingerprint density at radius 3 is 2.62 bits per heavy atom. The van der Waals surface area contributed by atoms with Crippen molar-refractivity contribution < 1.29 is 0 Å². The molecule has 3 aliphatic rings. The highest BCUT2D eigenvalue weighted by Gasteiger charge is 2.26. The summed E-state index contributed by atoms with van der Waals surface area (Å²) in [5, 5.41) is 3.40. The number of likely N-dealkylation sites (N-methyl/N-ethyl adjacent to an activating group) is 1. The van der Waals surface area contributed by atoms with Gasteiger partial charge in [-0.1, -0.05) is 19.3 Å². The second kappa shape index (κ2) is 6.87. The van der Waals surface area contributed by atoms with Crippen LogP contribution >= 0.6 is 0 Å². The number of nitrogens with zero attached hydrogens (tertiary/aromatic N) is 2. The molecule has 0 aromatic rings. The number of hydrogen-bond acceptors (Lipinski definition) is 3. The first-order valence-electron chi connectivity index (χ1n) is 8.84. The molecule has 3 heteroatoms. The van der Waals surface area contributed by atoms with Crippen molar-refractivity contribution in [2.45, 2.75) is 57.5 Å². The van der Waals surface area contributed by atoms with E-state index in [4.69, 9.17) is 0 Å². The molecule has 1 saturated carbocycles. The van der Waals surface area contributed by atoms with E-state index in [1.807, 2.05) is 0 Å². The van der Waals surface area contributed by atoms with Gasteiger partial charge in [0.05, 0.1) is 0 Å². The molecule has 0 bridgehead atoms. The second-order valence-corrected chi connectivity index (χ2v) is 7.00. The van der Waals surface area contributed by atoms with Gasteiger partial charge in [0.25, 0.3) is 0 Å². The Labute approximate surface area is 130 Å². The zero-order valence-electron chi connectivity index (χ0n) is 13.7. The molecule has 2 heterocycles. The molecule has 2 fully saturated rings. The maximum absolute atomic E-state index is 3.40. The predicted octanol–water partition coefficient (Wildman–Crippen LogP) is 2.96. The van der Waals surface area contributed by atoms with E-state index >= 15 is 0 Å². The van der Waals surface area contributed by atoms with Gasteiger partial charge >= 0.3 is 0 Å². The second-order valence-electron chi connectivity index (χ2n) is 7.00. The van der Waals surface area contributed by atoms with Crippen LogP contribution in [0, 0.1) is 5.92 Å². The third kappa shape index (κ3) is 3.45. The zero-order valence-corrected chi connectivity index (χ0v) is 13.7. The summed E-state index contributed by atoms with van der Waals surface area (Å²) < 4.78 is 0. The van der Waals surface area contributed by atoms with Crippen LogP contribution in [0.4, 0.5) is 0 Å². The molecular weight excluding hydrogens is 258 g/mol. The van der Waals surface area contributed by atoms with E-state index in [0.29, 0.717) is 12.1 Å². The van der Waals surface area contributed by atoms with Crippen LogP contribution < -0.4 is 5.32 Å². The number of likely N-dealkylation sites (tertiary alicyclic amines) is 1. The minimum absolute atomic E-state index is 0.665. The lowest BCUT2D eigenvalue weighted by molar-refractivity contribution is 0.186. The summed E-state index contributed by atoms with van der Waals surface area (Å²) >= 11 is 0. The van der Waals surface area contributed by atoms with Crippen molar-refractivity contribution in [3.05, 3.63) is 24.0 Å². The van der Waals surface area contributed by atoms with Crippen molar-refractivity contribution in [2.24, 2.45) is 5.92 Å². The molecule has 0 aromatic carbocycles. The molecule has 3 rings (SSSR count). The molecular formula is C18H31N3. The molecule has 0 spiro atoms. The fraction of sp³-hybridized carbons (Fsp3) is 0.778. The van der Waals surface area contributed by atoms with Crippen LogP contribution in [0.2, 0.25) is 0 Å². The van der Waals surface area contributed by atoms with Gasteiger partial charge in [-0.2, -0.15) is 0 Å². The molecule has 2 atom stereocenters. The van der Waals surface area contributed by atoms with Crippen molar-refractivity contribution >= 4 is 0 Å². The molecule has 0 aromatic heterocycles. The lowest BCUT2D eigenvalue weighted by atomic mass is 9.84. The van der Waals surface area contributed by atoms with Gasteiger partial charge in [-0.15, -0.1) is 0 Å². The van der Waals surface area contributed by atoms with E-state index in [9.17, 15) is 0 Å². The molecule has 0 radical (unpaired) electrons. The van der Waals surface area contributed by atoms with E-state index in [-0.39, 0.29) is 0 Å². The van der Waals surface area contributed by atoms with Gasteiger partial charge in [0.1, 0.15) is 0 Å². The van der Waals surface area contributed by atoms with Crippen LogP contribution in [-0.2, 0) is 0 Å². The lowest BCUT2D eigenvalue weighted by Crippen LogP contribution is -2.38. The standard InChI is InChI=1S/C18H31N3/c1-15(16-6-4-3-5-7-16)20-12-9-18(10-13-20)21-11-8-17(14-21)19-2/h9-10,12,15-17,19H,3-8,11,13-14H2,1-2H3/t15?,17-/m0/s1. The molecule has 21 heavy (non-hydrogen) atoms. The highest BCUT2D eigenvalue weighted by atomic mass is 15.2. The monoisotopic (exact) mass is 289 g/mol. The molecule has 1 unspecified atom stereocenters. The summed E-state index contributed by atoms with van der Waals surface area (Å²) in [6.07, 6.45) is 15.6. The molecule has 0 amide bonds. The van der Waals surface area contributed by atoms with Gasteiger partial charge in [-0.25, -0.2) is 0 Å². The van der Waals surface area contributed by atoms with Gasteiger partial charge in [0.15, 0.2) is 0 Å². The molecule has 1 saturated heterocycles. The smallest absolute Gasteiger partial charge is 0.0380 e. The number of hydrogen-bond donors (Lipinski definition) is 1. The van der Waals surface area contributed by atoms with Gasteiger partial charge in [0.2, 0.25) is 0 Å². The van der Waals surface area contributed by atoms with Crippen molar-refractivity contribution in [2.75, 3.05) is 26.7 Å². The van der Waals surface area contributed by atoms with Crippen LogP contribution in [0.25, 0.3) is 0 Å². The topological polar surface area (TPSA) is 18.5 Å². The normalized spacial score (nSPS) is 28.9. The van der Waals surface area contributed by atoms with Gasteiger partial charge in [-0.05, 0) is 51.3 Å². The number of rotatable bonds is 4. The van der Waals surface area contributed by atoms with Crippen molar-refractivity contribution in [3.8, 4) is 0 Å². The van der Waals surface area contributed by atoms with Crippen LogP contribution in [0.1, 0.15) is 45.4 Å². The van der Waals surface area contributed by atoms with E-state index in [1.165, 1.54) is 50.8 Å². The summed E-state index contributed by atoms with van der Waals surface area (Å²) in [6.45, 7) is 5.86. The van der Waals surface area contributed by atoms with Crippen LogP contribution in [0.3, 0.4) is 0 Å². The summed E-state index contributed by atoms with van der Waals surface area (Å²) in [7, 11) is 2.08. The molecule has 1 N–H and O–H groups in total. The maximum atomic E-state index is 3.40. The zero-order chi connectivity index (χ0) is 14.7. The SMILES string of the molecule is CN[C@H]1CCN(C2=CCN(C(C)C3CCCCC3)C=C2)C1. The Morgan fingerprint density at radius 1 is 1.19 bits per heavy atom. The molecule has 3 nitrogen and oxygen atoms in total. The van der Waals surface area contributed by atoms with Crippen molar-refractivity contribution in [1.29, 1.82) is 0 Å². The van der Waals surface area contributed by atoms with Crippen molar-refractivity contribution in [3.63, 3.8) is 0 Å². The fourth-order valence-electron chi connectivity index (χ4n) is 4.15. The van der Waals surface area contributed by atoms with E-state index < -0.39 is 0 Å². The van der Waals surface area contributed by atoms with E-state index in [1.54, 1.807) is 0 Å². The minimum Gasteiger partial charge on any atom is -0.371 e. The van der Waals surface area contributed by atoms with Crippen LogP contribution in [0.5, 0.6) is 0 Å². The summed E-state index contributed by atoms with van der Waals surface area (Å²) in [5.41, 5.74) is 1.43.